The minimum absolute atomic E-state index is 0. The quantitative estimate of drug-likeness (QED) is 0.312. The number of hydrogen-bond donors (Lipinski definition) is 3. The first kappa shape index (κ1) is 17.3. The van der Waals surface area contributed by atoms with E-state index in [9.17, 15) is 0 Å². The van der Waals surface area contributed by atoms with Crippen molar-refractivity contribution in [1.29, 1.82) is 0 Å². The van der Waals surface area contributed by atoms with Gasteiger partial charge in [-0.25, -0.2) is 0 Å². The molecule has 0 amide bonds. The minimum Gasteiger partial charge on any atom is -0.370 e. The van der Waals surface area contributed by atoms with Gasteiger partial charge in [-0.15, -0.1) is 24.0 Å². The standard InChI is InChI=1S/C14H25N5.HI/c1-11-12(10-17-19-11)6-5-9-16-14(15)18-13-7-3-2-4-8-13;/h10,13H,2-9H2,1H3,(H,17,19)(H3,15,16,18);1H. The van der Waals surface area contributed by atoms with Gasteiger partial charge in [-0.3, -0.25) is 10.1 Å². The summed E-state index contributed by atoms with van der Waals surface area (Å²) in [5.41, 5.74) is 8.34. The molecule has 1 aromatic rings. The maximum Gasteiger partial charge on any atom is 0.188 e. The first-order valence-corrected chi connectivity index (χ1v) is 7.31. The Morgan fingerprint density at radius 3 is 2.85 bits per heavy atom. The molecule has 1 fully saturated rings. The Morgan fingerprint density at radius 2 is 2.20 bits per heavy atom. The summed E-state index contributed by atoms with van der Waals surface area (Å²) < 4.78 is 0. The van der Waals surface area contributed by atoms with Crippen molar-refractivity contribution in [2.45, 2.75) is 57.9 Å². The Morgan fingerprint density at radius 1 is 1.45 bits per heavy atom. The van der Waals surface area contributed by atoms with Crippen molar-refractivity contribution in [1.82, 2.24) is 15.5 Å². The number of nitrogens with zero attached hydrogens (tertiary/aromatic N) is 2. The zero-order valence-electron chi connectivity index (χ0n) is 12.2. The second-order valence-corrected chi connectivity index (χ2v) is 5.37. The predicted octanol–water partition coefficient (Wildman–Crippen LogP) is 2.51. The highest BCUT2D eigenvalue weighted by atomic mass is 127. The highest BCUT2D eigenvalue weighted by Crippen LogP contribution is 2.17. The number of aliphatic imine (C=N–C) groups is 1. The molecule has 1 aliphatic carbocycles. The van der Waals surface area contributed by atoms with Crippen molar-refractivity contribution in [3.63, 3.8) is 0 Å². The largest absolute Gasteiger partial charge is 0.370 e. The molecule has 5 nitrogen and oxygen atoms in total. The molecule has 0 spiro atoms. The molecule has 0 saturated heterocycles. The molecule has 0 bridgehead atoms. The van der Waals surface area contributed by atoms with Gasteiger partial charge in [-0.2, -0.15) is 5.10 Å². The number of aromatic amines is 1. The van der Waals surface area contributed by atoms with Crippen LogP contribution in [0, 0.1) is 6.92 Å². The predicted molar refractivity (Wildman–Crippen MR) is 93.6 cm³/mol. The first-order valence-electron chi connectivity index (χ1n) is 7.31. The van der Waals surface area contributed by atoms with Crippen LogP contribution in [0.3, 0.4) is 0 Å². The lowest BCUT2D eigenvalue weighted by Gasteiger charge is -2.23. The summed E-state index contributed by atoms with van der Waals surface area (Å²) >= 11 is 0. The van der Waals surface area contributed by atoms with Crippen LogP contribution in [0.5, 0.6) is 0 Å². The average Bonchev–Trinajstić information content (AvgIpc) is 2.81. The molecule has 0 aliphatic heterocycles. The van der Waals surface area contributed by atoms with Crippen molar-refractivity contribution < 1.29 is 0 Å². The zero-order valence-corrected chi connectivity index (χ0v) is 14.5. The van der Waals surface area contributed by atoms with Crippen LogP contribution in [-0.2, 0) is 6.42 Å². The van der Waals surface area contributed by atoms with Gasteiger partial charge in [-0.05, 0) is 38.2 Å². The molecule has 0 radical (unpaired) electrons. The normalized spacial score (nSPS) is 16.8. The second-order valence-electron chi connectivity index (χ2n) is 5.37. The lowest BCUT2D eigenvalue weighted by Crippen LogP contribution is -2.41. The van der Waals surface area contributed by atoms with E-state index in [1.165, 1.54) is 37.7 Å². The van der Waals surface area contributed by atoms with E-state index < -0.39 is 0 Å². The smallest absolute Gasteiger partial charge is 0.188 e. The minimum atomic E-state index is 0. The van der Waals surface area contributed by atoms with Crippen LogP contribution in [0.2, 0.25) is 0 Å². The number of hydrogen-bond acceptors (Lipinski definition) is 2. The lowest BCUT2D eigenvalue weighted by molar-refractivity contribution is 0.412. The summed E-state index contributed by atoms with van der Waals surface area (Å²) in [6, 6.07) is 0.536. The van der Waals surface area contributed by atoms with E-state index in [-0.39, 0.29) is 24.0 Å². The van der Waals surface area contributed by atoms with E-state index in [0.29, 0.717) is 12.0 Å². The van der Waals surface area contributed by atoms with Gasteiger partial charge in [0, 0.05) is 18.3 Å². The summed E-state index contributed by atoms with van der Waals surface area (Å²) in [4.78, 5) is 4.40. The van der Waals surface area contributed by atoms with E-state index in [1.54, 1.807) is 0 Å². The van der Waals surface area contributed by atoms with Crippen molar-refractivity contribution >= 4 is 29.9 Å². The molecule has 1 aromatic heterocycles. The third kappa shape index (κ3) is 5.68. The van der Waals surface area contributed by atoms with Gasteiger partial charge in [0.25, 0.3) is 0 Å². The average molecular weight is 391 g/mol. The summed E-state index contributed by atoms with van der Waals surface area (Å²) in [7, 11) is 0. The fourth-order valence-corrected chi connectivity index (χ4v) is 2.60. The van der Waals surface area contributed by atoms with Crippen LogP contribution >= 0.6 is 24.0 Å². The van der Waals surface area contributed by atoms with E-state index in [2.05, 4.69) is 20.5 Å². The van der Waals surface area contributed by atoms with Crippen molar-refractivity contribution in [2.75, 3.05) is 6.54 Å². The van der Waals surface area contributed by atoms with Crippen molar-refractivity contribution in [3.05, 3.63) is 17.5 Å². The highest BCUT2D eigenvalue weighted by molar-refractivity contribution is 14.0. The van der Waals surface area contributed by atoms with Crippen LogP contribution in [-0.4, -0.2) is 28.7 Å². The molecule has 0 atom stereocenters. The van der Waals surface area contributed by atoms with Crippen LogP contribution in [0.1, 0.15) is 49.8 Å². The van der Waals surface area contributed by atoms with Crippen LogP contribution in [0.25, 0.3) is 0 Å². The maximum absolute atomic E-state index is 5.91. The SMILES string of the molecule is Cc1[nH]ncc1CCCN=C(N)NC1CCCCC1.I. The molecule has 1 saturated carbocycles. The summed E-state index contributed by atoms with van der Waals surface area (Å²) in [5, 5.41) is 10.3. The van der Waals surface area contributed by atoms with E-state index in [1.807, 2.05) is 13.1 Å². The Balaban J connectivity index is 0.00000200. The molecule has 6 heteroatoms. The number of rotatable bonds is 5. The molecular weight excluding hydrogens is 365 g/mol. The van der Waals surface area contributed by atoms with Gasteiger partial charge in [0.05, 0.1) is 6.20 Å². The van der Waals surface area contributed by atoms with Crippen LogP contribution < -0.4 is 11.1 Å². The molecule has 4 N–H and O–H groups in total. The van der Waals surface area contributed by atoms with E-state index in [0.717, 1.165) is 25.1 Å². The Kier molecular flexibility index (Phi) is 7.94. The van der Waals surface area contributed by atoms with Gasteiger partial charge < -0.3 is 11.1 Å². The number of nitrogens with two attached hydrogens (primary N) is 1. The summed E-state index contributed by atoms with van der Waals surface area (Å²) in [5.74, 6) is 0.607. The third-order valence-electron chi connectivity index (χ3n) is 3.78. The van der Waals surface area contributed by atoms with Gasteiger partial charge in [0.1, 0.15) is 0 Å². The van der Waals surface area contributed by atoms with E-state index >= 15 is 0 Å². The van der Waals surface area contributed by atoms with Gasteiger partial charge in [0.2, 0.25) is 0 Å². The Labute approximate surface area is 138 Å². The topological polar surface area (TPSA) is 79.1 Å². The highest BCUT2D eigenvalue weighted by Gasteiger charge is 2.13. The monoisotopic (exact) mass is 391 g/mol. The Hall–Kier alpha value is -0.790. The molecule has 114 valence electrons. The van der Waals surface area contributed by atoms with Crippen molar-refractivity contribution in [3.8, 4) is 0 Å². The number of nitrogens with one attached hydrogen (secondary N) is 2. The maximum atomic E-state index is 5.91. The van der Waals surface area contributed by atoms with Gasteiger partial charge >= 0.3 is 0 Å². The van der Waals surface area contributed by atoms with Crippen molar-refractivity contribution in [2.24, 2.45) is 10.7 Å². The first-order chi connectivity index (χ1) is 9.25. The molecule has 20 heavy (non-hydrogen) atoms. The zero-order chi connectivity index (χ0) is 13.5. The van der Waals surface area contributed by atoms with E-state index in [4.69, 9.17) is 5.73 Å². The molecule has 1 aliphatic rings. The third-order valence-corrected chi connectivity index (χ3v) is 3.78. The van der Waals surface area contributed by atoms with Gasteiger partial charge in [-0.1, -0.05) is 19.3 Å². The van der Waals surface area contributed by atoms with Crippen LogP contribution in [0.15, 0.2) is 11.2 Å². The van der Waals surface area contributed by atoms with Crippen LogP contribution in [0.4, 0.5) is 0 Å². The fraction of sp³-hybridized carbons (Fsp3) is 0.714. The van der Waals surface area contributed by atoms with Gasteiger partial charge in [0.15, 0.2) is 5.96 Å². The fourth-order valence-electron chi connectivity index (χ4n) is 2.60. The molecule has 2 rings (SSSR count). The summed E-state index contributed by atoms with van der Waals surface area (Å²) in [6.07, 6.45) is 10.3. The number of H-pyrrole nitrogens is 1. The molecule has 0 unspecified atom stereocenters. The number of guanidine groups is 1. The molecule has 1 heterocycles. The lowest BCUT2D eigenvalue weighted by atomic mass is 9.96. The molecule has 0 aromatic carbocycles. The number of halogens is 1. The number of aromatic nitrogens is 2. The summed E-state index contributed by atoms with van der Waals surface area (Å²) in [6.45, 7) is 2.82. The number of aryl methyl sites for hydroxylation is 2. The molecular formula is C14H26IN5. The second kappa shape index (κ2) is 9.20. The Bertz CT molecular complexity index is 409.